The van der Waals surface area contributed by atoms with E-state index < -0.39 is 5.97 Å². The molecule has 3 aromatic heterocycles. The molecule has 0 aliphatic carbocycles. The van der Waals surface area contributed by atoms with Crippen LogP contribution in [0.2, 0.25) is 0 Å². The Labute approximate surface area is 146 Å². The van der Waals surface area contributed by atoms with Crippen LogP contribution >= 0.6 is 22.7 Å². The smallest absolute Gasteiger partial charge is 0.335 e. The van der Waals surface area contributed by atoms with Gasteiger partial charge in [0.1, 0.15) is 11.5 Å². The Morgan fingerprint density at radius 1 is 0.958 bits per heavy atom. The summed E-state index contributed by atoms with van der Waals surface area (Å²) in [4.78, 5) is 21.4. The fraction of sp³-hybridized carbons (Fsp3) is 0. The second kappa shape index (κ2) is 6.07. The number of rotatable bonds is 4. The maximum absolute atomic E-state index is 11.0. The van der Waals surface area contributed by atoms with Gasteiger partial charge in [-0.1, -0.05) is 24.3 Å². The zero-order valence-electron chi connectivity index (χ0n) is 12.4. The third-order valence-electron chi connectivity index (χ3n) is 3.63. The maximum Gasteiger partial charge on any atom is 0.335 e. The lowest BCUT2D eigenvalue weighted by Gasteiger charge is -1.98. The summed E-state index contributed by atoms with van der Waals surface area (Å²) in [5.41, 5.74) is 3.04. The monoisotopic (exact) mass is 352 g/mol. The predicted octanol–water partition coefficient (Wildman–Crippen LogP) is 5.23. The highest BCUT2D eigenvalue weighted by Gasteiger charge is 2.16. The van der Waals surface area contributed by atoms with E-state index in [-0.39, 0.29) is 5.56 Å². The molecule has 3 heterocycles. The third-order valence-corrected chi connectivity index (χ3v) is 5.40. The number of aromatic carboxylic acids is 1. The van der Waals surface area contributed by atoms with Gasteiger partial charge in [-0.15, -0.1) is 22.7 Å². The number of thiophene rings is 2. The van der Waals surface area contributed by atoms with E-state index in [1.54, 1.807) is 46.9 Å². The molecule has 0 unspecified atom stereocenters. The minimum absolute atomic E-state index is 0.266. The molecule has 0 aliphatic rings. The molecular weight excluding hydrogens is 340 g/mol. The Bertz CT molecular complexity index is 917. The Balaban J connectivity index is 1.82. The van der Waals surface area contributed by atoms with Gasteiger partial charge in [0.25, 0.3) is 0 Å². The summed E-state index contributed by atoms with van der Waals surface area (Å²) in [7, 11) is 0. The second-order valence-electron chi connectivity index (χ2n) is 5.15. The number of carboxylic acids is 1. The number of aromatic nitrogens is 2. The summed E-state index contributed by atoms with van der Waals surface area (Å²) in [6, 6.07) is 14.9. The van der Waals surface area contributed by atoms with Gasteiger partial charge >= 0.3 is 5.97 Å². The molecule has 4 aromatic rings. The number of benzene rings is 1. The van der Waals surface area contributed by atoms with Crippen LogP contribution in [0, 0.1) is 0 Å². The van der Waals surface area contributed by atoms with Crippen molar-refractivity contribution in [1.82, 2.24) is 9.97 Å². The topological polar surface area (TPSA) is 66.0 Å². The van der Waals surface area contributed by atoms with Crippen molar-refractivity contribution in [3.05, 3.63) is 64.9 Å². The average molecular weight is 352 g/mol. The van der Waals surface area contributed by atoms with Gasteiger partial charge in [0.2, 0.25) is 0 Å². The number of imidazole rings is 1. The summed E-state index contributed by atoms with van der Waals surface area (Å²) < 4.78 is 0. The third kappa shape index (κ3) is 2.66. The number of aromatic amines is 1. The van der Waals surface area contributed by atoms with E-state index in [9.17, 15) is 4.79 Å². The Kier molecular flexibility index (Phi) is 3.76. The molecular formula is C18H12N2O2S2. The Hall–Kier alpha value is -2.70. The van der Waals surface area contributed by atoms with Crippen LogP contribution in [0.25, 0.3) is 32.5 Å². The van der Waals surface area contributed by atoms with E-state index in [1.807, 2.05) is 22.9 Å². The molecule has 0 aliphatic heterocycles. The first-order valence-corrected chi connectivity index (χ1v) is 9.00. The number of nitrogens with one attached hydrogen (secondary N) is 1. The molecule has 0 amide bonds. The molecule has 1 aromatic carbocycles. The average Bonchev–Trinajstić information content (AvgIpc) is 3.33. The van der Waals surface area contributed by atoms with Gasteiger partial charge in [0.05, 0.1) is 21.0 Å². The van der Waals surface area contributed by atoms with Gasteiger partial charge in [-0.3, -0.25) is 0 Å². The number of carboxylic acid groups (broad SMARTS) is 1. The van der Waals surface area contributed by atoms with Crippen molar-refractivity contribution < 1.29 is 9.90 Å². The van der Waals surface area contributed by atoms with Crippen LogP contribution in [-0.4, -0.2) is 21.0 Å². The molecule has 0 saturated carbocycles. The largest absolute Gasteiger partial charge is 0.478 e. The first-order valence-electron chi connectivity index (χ1n) is 7.24. The standard InChI is InChI=1S/C18H12N2O2S2/c21-18(22)12-7-5-11(6-8-12)17-19-15(13-3-1-9-23-13)16(20-17)14-4-2-10-24-14/h1-10H,(H,19,20)(H,21,22). The van der Waals surface area contributed by atoms with E-state index in [4.69, 9.17) is 10.1 Å². The number of hydrogen-bond donors (Lipinski definition) is 2. The Morgan fingerprint density at radius 2 is 1.62 bits per heavy atom. The van der Waals surface area contributed by atoms with Crippen molar-refractivity contribution in [3.63, 3.8) is 0 Å². The van der Waals surface area contributed by atoms with E-state index in [0.29, 0.717) is 0 Å². The molecule has 6 heteroatoms. The molecule has 0 radical (unpaired) electrons. The van der Waals surface area contributed by atoms with Gasteiger partial charge < -0.3 is 10.1 Å². The summed E-state index contributed by atoms with van der Waals surface area (Å²) >= 11 is 3.30. The van der Waals surface area contributed by atoms with E-state index in [0.717, 1.165) is 32.5 Å². The molecule has 0 bridgehead atoms. The van der Waals surface area contributed by atoms with Crippen LogP contribution in [0.1, 0.15) is 10.4 Å². The summed E-state index contributed by atoms with van der Waals surface area (Å²) in [5, 5.41) is 13.1. The van der Waals surface area contributed by atoms with Crippen LogP contribution in [-0.2, 0) is 0 Å². The number of nitrogens with zero attached hydrogens (tertiary/aromatic N) is 1. The summed E-state index contributed by atoms with van der Waals surface area (Å²) in [6.07, 6.45) is 0. The lowest BCUT2D eigenvalue weighted by molar-refractivity contribution is 0.0697. The zero-order valence-corrected chi connectivity index (χ0v) is 14.0. The zero-order chi connectivity index (χ0) is 16.5. The van der Waals surface area contributed by atoms with Gasteiger partial charge in [0.15, 0.2) is 0 Å². The van der Waals surface area contributed by atoms with E-state index in [2.05, 4.69) is 17.1 Å². The molecule has 118 valence electrons. The first kappa shape index (κ1) is 14.9. The first-order chi connectivity index (χ1) is 11.7. The normalized spacial score (nSPS) is 10.8. The minimum Gasteiger partial charge on any atom is -0.478 e. The van der Waals surface area contributed by atoms with E-state index in [1.165, 1.54) is 0 Å². The second-order valence-corrected chi connectivity index (χ2v) is 7.04. The van der Waals surface area contributed by atoms with Crippen molar-refractivity contribution in [2.24, 2.45) is 0 Å². The van der Waals surface area contributed by atoms with Crippen molar-refractivity contribution in [3.8, 4) is 32.5 Å². The van der Waals surface area contributed by atoms with Crippen LogP contribution in [0.3, 0.4) is 0 Å². The summed E-state index contributed by atoms with van der Waals surface area (Å²) in [6.45, 7) is 0. The molecule has 0 saturated heterocycles. The molecule has 0 fully saturated rings. The fourth-order valence-electron chi connectivity index (χ4n) is 2.47. The van der Waals surface area contributed by atoms with Crippen molar-refractivity contribution in [2.75, 3.05) is 0 Å². The lowest BCUT2D eigenvalue weighted by atomic mass is 10.1. The molecule has 4 rings (SSSR count). The molecule has 0 spiro atoms. The highest BCUT2D eigenvalue weighted by Crippen LogP contribution is 2.36. The van der Waals surface area contributed by atoms with Gasteiger partial charge in [-0.2, -0.15) is 0 Å². The number of carbonyl (C=O) groups is 1. The quantitative estimate of drug-likeness (QED) is 0.528. The van der Waals surface area contributed by atoms with Crippen molar-refractivity contribution >= 4 is 28.6 Å². The highest BCUT2D eigenvalue weighted by molar-refractivity contribution is 7.14. The van der Waals surface area contributed by atoms with Crippen LogP contribution < -0.4 is 0 Å². The minimum atomic E-state index is -0.931. The van der Waals surface area contributed by atoms with E-state index >= 15 is 0 Å². The van der Waals surface area contributed by atoms with Crippen LogP contribution in [0.4, 0.5) is 0 Å². The SMILES string of the molecule is O=C(O)c1ccc(-c2nc(-c3cccs3)c(-c3cccs3)[nH]2)cc1. The fourth-order valence-corrected chi connectivity index (χ4v) is 3.92. The lowest BCUT2D eigenvalue weighted by Crippen LogP contribution is -1.95. The highest BCUT2D eigenvalue weighted by atomic mass is 32.1. The van der Waals surface area contributed by atoms with Crippen LogP contribution in [0.15, 0.2) is 59.3 Å². The maximum atomic E-state index is 11.0. The molecule has 4 nitrogen and oxygen atoms in total. The van der Waals surface area contributed by atoms with Crippen LogP contribution in [0.5, 0.6) is 0 Å². The molecule has 2 N–H and O–H groups in total. The van der Waals surface area contributed by atoms with Crippen molar-refractivity contribution in [1.29, 1.82) is 0 Å². The van der Waals surface area contributed by atoms with Gasteiger partial charge in [0, 0.05) is 5.56 Å². The number of hydrogen-bond acceptors (Lipinski definition) is 4. The van der Waals surface area contributed by atoms with Gasteiger partial charge in [-0.25, -0.2) is 9.78 Å². The number of H-pyrrole nitrogens is 1. The summed E-state index contributed by atoms with van der Waals surface area (Å²) in [5.74, 6) is -0.196. The predicted molar refractivity (Wildman–Crippen MR) is 97.6 cm³/mol. The molecule has 0 atom stereocenters. The van der Waals surface area contributed by atoms with Crippen molar-refractivity contribution in [2.45, 2.75) is 0 Å². The Morgan fingerprint density at radius 3 is 2.21 bits per heavy atom. The molecule has 24 heavy (non-hydrogen) atoms. The van der Waals surface area contributed by atoms with Gasteiger partial charge in [-0.05, 0) is 35.0 Å².